The van der Waals surface area contributed by atoms with E-state index in [-0.39, 0.29) is 11.5 Å². The molecular formula is C22H22FN3O5S. The lowest BCUT2D eigenvalue weighted by atomic mass is 10.1. The molecule has 0 unspecified atom stereocenters. The van der Waals surface area contributed by atoms with Crippen molar-refractivity contribution in [2.24, 2.45) is 0 Å². The number of rotatable bonds is 10. The molecule has 0 saturated carbocycles. The second-order valence-corrected chi connectivity index (χ2v) is 8.33. The van der Waals surface area contributed by atoms with Gasteiger partial charge < -0.3 is 15.4 Å². The molecule has 0 radical (unpaired) electrons. The maximum absolute atomic E-state index is 13.6. The van der Waals surface area contributed by atoms with Gasteiger partial charge in [-0.15, -0.1) is 0 Å². The van der Waals surface area contributed by atoms with Crippen LogP contribution in [0.3, 0.4) is 0 Å². The molecule has 32 heavy (non-hydrogen) atoms. The molecule has 0 aliphatic rings. The fourth-order valence-corrected chi connectivity index (χ4v) is 3.10. The highest BCUT2D eigenvalue weighted by atomic mass is 32.2. The van der Waals surface area contributed by atoms with E-state index >= 15 is 0 Å². The van der Waals surface area contributed by atoms with Crippen molar-refractivity contribution in [2.75, 3.05) is 12.4 Å². The summed E-state index contributed by atoms with van der Waals surface area (Å²) in [5.41, 5.74) is 1.70. The van der Waals surface area contributed by atoms with Gasteiger partial charge in [0.05, 0.1) is 6.20 Å². The molecule has 0 atom stereocenters. The van der Waals surface area contributed by atoms with E-state index in [9.17, 15) is 17.6 Å². The Kier molecular flexibility index (Phi) is 7.87. The van der Waals surface area contributed by atoms with Gasteiger partial charge >= 0.3 is 0 Å². The number of hydrogen-bond acceptors (Lipinski definition) is 6. The maximum Gasteiger partial charge on any atom is 0.283 e. The van der Waals surface area contributed by atoms with Crippen LogP contribution in [0.2, 0.25) is 0 Å². The van der Waals surface area contributed by atoms with E-state index in [1.165, 1.54) is 24.4 Å². The van der Waals surface area contributed by atoms with Crippen LogP contribution in [0, 0.1) is 5.82 Å². The summed E-state index contributed by atoms with van der Waals surface area (Å²) in [7, 11) is -4.31. The molecule has 1 aromatic heterocycles. The highest BCUT2D eigenvalue weighted by Crippen LogP contribution is 2.21. The monoisotopic (exact) mass is 459 g/mol. The minimum atomic E-state index is -4.31. The Morgan fingerprint density at radius 1 is 1.03 bits per heavy atom. The van der Waals surface area contributed by atoms with Crippen molar-refractivity contribution >= 4 is 16.0 Å². The SMILES string of the molecule is O=C(NCS(=O)(=O)O)c1ccc(Oc2ccc(CNCCc3ccccc3F)cc2)cn1. The van der Waals surface area contributed by atoms with Gasteiger partial charge in [0.2, 0.25) is 0 Å². The number of nitrogens with one attached hydrogen (secondary N) is 2. The van der Waals surface area contributed by atoms with E-state index in [0.717, 1.165) is 5.56 Å². The zero-order chi connectivity index (χ0) is 23.0. The Morgan fingerprint density at radius 3 is 2.41 bits per heavy atom. The first-order chi connectivity index (χ1) is 15.3. The summed E-state index contributed by atoms with van der Waals surface area (Å²) in [5.74, 6) is -0.855. The largest absolute Gasteiger partial charge is 0.456 e. The summed E-state index contributed by atoms with van der Waals surface area (Å²) in [6.45, 7) is 1.28. The van der Waals surface area contributed by atoms with Crippen molar-refractivity contribution in [2.45, 2.75) is 13.0 Å². The lowest BCUT2D eigenvalue weighted by Gasteiger charge is -2.09. The van der Waals surface area contributed by atoms with Crippen LogP contribution < -0.4 is 15.4 Å². The Morgan fingerprint density at radius 2 is 1.75 bits per heavy atom. The Hall–Kier alpha value is -3.34. The van der Waals surface area contributed by atoms with E-state index in [1.54, 1.807) is 24.3 Å². The van der Waals surface area contributed by atoms with Gasteiger partial charge in [-0.05, 0) is 54.4 Å². The smallest absolute Gasteiger partial charge is 0.283 e. The average Bonchev–Trinajstić information content (AvgIpc) is 2.77. The number of aromatic nitrogens is 1. The van der Waals surface area contributed by atoms with Gasteiger partial charge in [0, 0.05) is 6.54 Å². The molecule has 0 aliphatic carbocycles. The van der Waals surface area contributed by atoms with Crippen LogP contribution in [0.15, 0.2) is 66.9 Å². The quantitative estimate of drug-likeness (QED) is 0.315. The summed E-state index contributed by atoms with van der Waals surface area (Å²) in [6.07, 6.45) is 1.94. The van der Waals surface area contributed by atoms with Crippen LogP contribution in [-0.2, 0) is 23.1 Å². The van der Waals surface area contributed by atoms with Crippen molar-refractivity contribution in [3.63, 3.8) is 0 Å². The number of benzene rings is 2. The Labute approximate surface area is 185 Å². The van der Waals surface area contributed by atoms with E-state index in [2.05, 4.69) is 10.3 Å². The second-order valence-electron chi connectivity index (χ2n) is 6.88. The molecule has 3 aromatic rings. The molecule has 168 valence electrons. The number of nitrogens with zero attached hydrogens (tertiary/aromatic N) is 1. The van der Waals surface area contributed by atoms with Crippen molar-refractivity contribution < 1.29 is 26.9 Å². The molecule has 8 nitrogen and oxygen atoms in total. The lowest BCUT2D eigenvalue weighted by Crippen LogP contribution is -2.29. The third kappa shape index (κ3) is 7.41. The number of amides is 1. The highest BCUT2D eigenvalue weighted by molar-refractivity contribution is 7.85. The van der Waals surface area contributed by atoms with Crippen LogP contribution in [0.5, 0.6) is 11.5 Å². The molecule has 3 N–H and O–H groups in total. The van der Waals surface area contributed by atoms with Gasteiger partial charge in [0.25, 0.3) is 16.0 Å². The third-order valence-electron chi connectivity index (χ3n) is 4.40. The molecular weight excluding hydrogens is 437 g/mol. The number of carbonyl (C=O) groups excluding carboxylic acids is 1. The van der Waals surface area contributed by atoms with Crippen molar-refractivity contribution in [3.8, 4) is 11.5 Å². The van der Waals surface area contributed by atoms with Crippen LogP contribution in [-0.4, -0.2) is 36.3 Å². The maximum atomic E-state index is 13.6. The summed E-state index contributed by atoms with van der Waals surface area (Å²) < 4.78 is 49.3. The predicted molar refractivity (Wildman–Crippen MR) is 116 cm³/mol. The second kappa shape index (κ2) is 10.8. The first-order valence-corrected chi connectivity index (χ1v) is 11.3. The molecule has 1 heterocycles. The molecule has 0 aliphatic heterocycles. The molecule has 0 saturated heterocycles. The Bertz CT molecular complexity index is 1150. The van der Waals surface area contributed by atoms with Gasteiger partial charge in [0.15, 0.2) is 0 Å². The zero-order valence-electron chi connectivity index (χ0n) is 17.0. The minimum Gasteiger partial charge on any atom is -0.456 e. The molecule has 2 aromatic carbocycles. The summed E-state index contributed by atoms with van der Waals surface area (Å²) in [6, 6.07) is 17.0. The topological polar surface area (TPSA) is 118 Å². The van der Waals surface area contributed by atoms with Gasteiger partial charge in [0.1, 0.15) is 28.9 Å². The molecule has 0 spiro atoms. The zero-order valence-corrected chi connectivity index (χ0v) is 17.8. The average molecular weight is 459 g/mol. The normalized spacial score (nSPS) is 11.2. The predicted octanol–water partition coefficient (Wildman–Crippen LogP) is 2.92. The van der Waals surface area contributed by atoms with E-state index in [4.69, 9.17) is 9.29 Å². The summed E-state index contributed by atoms with van der Waals surface area (Å²) in [4.78, 5) is 15.7. The fourth-order valence-electron chi connectivity index (χ4n) is 2.79. The van der Waals surface area contributed by atoms with Crippen molar-refractivity contribution in [1.29, 1.82) is 0 Å². The van der Waals surface area contributed by atoms with Gasteiger partial charge in [-0.25, -0.2) is 9.37 Å². The van der Waals surface area contributed by atoms with Gasteiger partial charge in [-0.3, -0.25) is 9.35 Å². The number of carbonyl (C=O) groups is 1. The van der Waals surface area contributed by atoms with Crippen LogP contribution in [0.4, 0.5) is 4.39 Å². The van der Waals surface area contributed by atoms with Crippen molar-refractivity contribution in [3.05, 3.63) is 89.5 Å². The number of pyridine rings is 1. The van der Waals surface area contributed by atoms with Crippen LogP contribution in [0.25, 0.3) is 0 Å². The van der Waals surface area contributed by atoms with Crippen LogP contribution in [0.1, 0.15) is 21.6 Å². The molecule has 3 rings (SSSR count). The molecule has 1 amide bonds. The van der Waals surface area contributed by atoms with Gasteiger partial charge in [-0.2, -0.15) is 8.42 Å². The van der Waals surface area contributed by atoms with Crippen molar-refractivity contribution in [1.82, 2.24) is 15.6 Å². The first kappa shape index (κ1) is 23.3. The molecule has 10 heteroatoms. The molecule has 0 fully saturated rings. The van der Waals surface area contributed by atoms with E-state index in [1.807, 2.05) is 23.5 Å². The standard InChI is InChI=1S/C22H22FN3O5S/c23-20-4-2-1-3-17(20)11-12-24-13-16-5-7-18(8-6-16)31-19-9-10-21(25-14-19)22(27)26-15-32(28,29)30/h1-10,14,24H,11-13,15H2,(H,26,27)(H,28,29,30). The summed E-state index contributed by atoms with van der Waals surface area (Å²) in [5, 5.41) is 5.32. The third-order valence-corrected chi connectivity index (χ3v) is 4.91. The minimum absolute atomic E-state index is 0.0159. The number of hydrogen-bond donors (Lipinski definition) is 3. The molecule has 0 bridgehead atoms. The number of ether oxygens (including phenoxy) is 1. The fraction of sp³-hybridized carbons (Fsp3) is 0.182. The van der Waals surface area contributed by atoms with E-state index in [0.29, 0.717) is 36.6 Å². The van der Waals surface area contributed by atoms with Gasteiger partial charge in [-0.1, -0.05) is 30.3 Å². The highest BCUT2D eigenvalue weighted by Gasteiger charge is 2.11. The van der Waals surface area contributed by atoms with Crippen LogP contribution >= 0.6 is 0 Å². The lowest BCUT2D eigenvalue weighted by molar-refractivity contribution is 0.0954. The first-order valence-electron chi connectivity index (χ1n) is 9.70. The van der Waals surface area contributed by atoms with E-state index < -0.39 is 21.9 Å². The Balaban J connectivity index is 1.45. The number of halogens is 1. The summed E-state index contributed by atoms with van der Waals surface area (Å²) >= 11 is 0.